The molecule has 2 aliphatic rings. The summed E-state index contributed by atoms with van der Waals surface area (Å²) in [6.45, 7) is 8.89. The number of halogens is 3. The van der Waals surface area contributed by atoms with Gasteiger partial charge in [-0.1, -0.05) is 0 Å². The second kappa shape index (κ2) is 6.88. The van der Waals surface area contributed by atoms with Gasteiger partial charge in [-0.3, -0.25) is 0 Å². The molecule has 1 aromatic rings. The second-order valence-corrected chi connectivity index (χ2v) is 6.42. The summed E-state index contributed by atoms with van der Waals surface area (Å²) >= 11 is 0. The Bertz CT molecular complexity index is 561. The van der Waals surface area contributed by atoms with Crippen LogP contribution >= 0.6 is 0 Å². The lowest BCUT2D eigenvalue weighted by Crippen LogP contribution is -2.71. The maximum atomic E-state index is 10.6. The molecule has 8 heteroatoms. The summed E-state index contributed by atoms with van der Waals surface area (Å²) in [4.78, 5) is 11.3. The smallest absolute Gasteiger partial charge is 0.490 e. The minimum absolute atomic E-state index is 0.245. The van der Waals surface area contributed by atoms with E-state index in [1.807, 2.05) is 0 Å². The van der Waals surface area contributed by atoms with Gasteiger partial charge >= 0.3 is 12.1 Å². The molecule has 2 heterocycles. The molecule has 5 nitrogen and oxygen atoms in total. The topological polar surface area (TPSA) is 61.8 Å². The Hall–Kier alpha value is -1.96. The molecule has 0 aliphatic carbocycles. The lowest BCUT2D eigenvalue weighted by molar-refractivity contribution is -0.192. The predicted molar refractivity (Wildman–Crippen MR) is 83.4 cm³/mol. The first kappa shape index (κ1) is 18.4. The number of rotatable bonds is 3. The average molecular weight is 346 g/mol. The van der Waals surface area contributed by atoms with Crippen molar-refractivity contribution in [1.82, 2.24) is 5.32 Å². The molecule has 3 rings (SSSR count). The van der Waals surface area contributed by atoms with Gasteiger partial charge in [0.25, 0.3) is 0 Å². The van der Waals surface area contributed by atoms with Gasteiger partial charge in [-0.2, -0.15) is 13.2 Å². The third-order valence-electron chi connectivity index (χ3n) is 3.87. The summed E-state index contributed by atoms with van der Waals surface area (Å²) < 4.78 is 37.4. The number of nitrogens with one attached hydrogen (secondary N) is 1. The normalized spacial score (nSPS) is 18.3. The zero-order valence-electron chi connectivity index (χ0n) is 13.6. The van der Waals surface area contributed by atoms with Gasteiger partial charge in [0.1, 0.15) is 5.75 Å². The number of hydrogen-bond acceptors (Lipinski definition) is 4. The molecule has 0 atom stereocenters. The number of carbonyl (C=O) groups is 1. The van der Waals surface area contributed by atoms with Gasteiger partial charge in [-0.15, -0.1) is 0 Å². The van der Waals surface area contributed by atoms with Crippen LogP contribution in [-0.2, 0) is 4.79 Å². The Morgan fingerprint density at radius 1 is 1.25 bits per heavy atom. The van der Waals surface area contributed by atoms with Crippen LogP contribution in [0.1, 0.15) is 13.8 Å². The lowest BCUT2D eigenvalue weighted by atomic mass is 9.74. The van der Waals surface area contributed by atoms with E-state index in [2.05, 4.69) is 48.3 Å². The number of carboxylic acid groups (broad SMARTS) is 1. The van der Waals surface area contributed by atoms with E-state index < -0.39 is 12.1 Å². The molecule has 2 aliphatic heterocycles. The van der Waals surface area contributed by atoms with Crippen LogP contribution in [0.5, 0.6) is 5.75 Å². The van der Waals surface area contributed by atoms with Crippen molar-refractivity contribution in [2.45, 2.75) is 26.1 Å². The van der Waals surface area contributed by atoms with Crippen LogP contribution in [0, 0.1) is 5.41 Å². The Morgan fingerprint density at radius 3 is 2.08 bits per heavy atom. The molecular formula is C16H21F3N2O3. The van der Waals surface area contributed by atoms with E-state index in [-0.39, 0.29) is 6.10 Å². The standard InChI is InChI=1S/C14H20N2O.C2HF3O2/c1-11(2)17-13-5-3-12(4-6-13)16-9-14(10-16)7-15-8-14;3-2(4,5)1(6)7/h3-6,11,15H,7-10H2,1-2H3;(H,6,7). The zero-order valence-corrected chi connectivity index (χ0v) is 13.6. The van der Waals surface area contributed by atoms with Crippen LogP contribution in [0.25, 0.3) is 0 Å². The fraction of sp³-hybridized carbons (Fsp3) is 0.562. The van der Waals surface area contributed by atoms with Crippen LogP contribution in [0.4, 0.5) is 18.9 Å². The highest BCUT2D eigenvalue weighted by Gasteiger charge is 2.47. The second-order valence-electron chi connectivity index (χ2n) is 6.42. The van der Waals surface area contributed by atoms with Gasteiger partial charge in [-0.25, -0.2) is 4.79 Å². The maximum absolute atomic E-state index is 10.6. The van der Waals surface area contributed by atoms with Crippen LogP contribution in [0.2, 0.25) is 0 Å². The first-order valence-electron chi connectivity index (χ1n) is 7.64. The summed E-state index contributed by atoms with van der Waals surface area (Å²) in [6, 6.07) is 8.46. The minimum Gasteiger partial charge on any atom is -0.491 e. The summed E-state index contributed by atoms with van der Waals surface area (Å²) in [7, 11) is 0. The molecule has 2 saturated heterocycles. The Kier molecular flexibility index (Phi) is 5.27. The SMILES string of the molecule is CC(C)Oc1ccc(N2CC3(CNC3)C2)cc1.O=C(O)C(F)(F)F. The molecule has 1 spiro atoms. The highest BCUT2D eigenvalue weighted by molar-refractivity contribution is 5.73. The number of hydrogen-bond donors (Lipinski definition) is 2. The highest BCUT2D eigenvalue weighted by Crippen LogP contribution is 2.37. The van der Waals surface area contributed by atoms with E-state index in [0.29, 0.717) is 5.41 Å². The zero-order chi connectivity index (χ0) is 18.0. The Morgan fingerprint density at radius 2 is 1.75 bits per heavy atom. The van der Waals surface area contributed by atoms with Crippen molar-refractivity contribution < 1.29 is 27.8 Å². The molecule has 0 saturated carbocycles. The largest absolute Gasteiger partial charge is 0.491 e. The highest BCUT2D eigenvalue weighted by atomic mass is 19.4. The summed E-state index contributed by atoms with van der Waals surface area (Å²) in [5.74, 6) is -1.79. The lowest BCUT2D eigenvalue weighted by Gasteiger charge is -2.57. The molecule has 24 heavy (non-hydrogen) atoms. The van der Waals surface area contributed by atoms with Crippen LogP contribution in [-0.4, -0.2) is 49.5 Å². The van der Waals surface area contributed by atoms with Crippen molar-refractivity contribution in [3.63, 3.8) is 0 Å². The molecule has 134 valence electrons. The monoisotopic (exact) mass is 346 g/mol. The van der Waals surface area contributed by atoms with Crippen molar-refractivity contribution in [3.05, 3.63) is 24.3 Å². The van der Waals surface area contributed by atoms with E-state index in [1.54, 1.807) is 0 Å². The van der Waals surface area contributed by atoms with E-state index in [0.717, 1.165) is 5.75 Å². The number of ether oxygens (including phenoxy) is 1. The number of anilines is 1. The molecular weight excluding hydrogens is 325 g/mol. The van der Waals surface area contributed by atoms with Crippen LogP contribution in [0.3, 0.4) is 0 Å². The molecule has 0 radical (unpaired) electrons. The summed E-state index contributed by atoms with van der Waals surface area (Å²) in [5.41, 5.74) is 1.91. The third-order valence-corrected chi connectivity index (χ3v) is 3.87. The molecule has 0 bridgehead atoms. The summed E-state index contributed by atoms with van der Waals surface area (Å²) in [6.07, 6.45) is -4.84. The fourth-order valence-corrected chi connectivity index (χ4v) is 2.66. The Labute approximate surface area is 138 Å². The van der Waals surface area contributed by atoms with Crippen LogP contribution in [0.15, 0.2) is 24.3 Å². The third kappa shape index (κ3) is 4.53. The number of carboxylic acids is 1. The van der Waals surface area contributed by atoms with E-state index >= 15 is 0 Å². The molecule has 0 unspecified atom stereocenters. The van der Waals surface area contributed by atoms with Gasteiger partial charge in [-0.05, 0) is 38.1 Å². The Balaban J connectivity index is 0.000000256. The van der Waals surface area contributed by atoms with Gasteiger partial charge < -0.3 is 20.1 Å². The quantitative estimate of drug-likeness (QED) is 0.881. The molecule has 0 aromatic heterocycles. The van der Waals surface area contributed by atoms with Gasteiger partial charge in [0.15, 0.2) is 0 Å². The van der Waals surface area contributed by atoms with Crippen molar-refractivity contribution in [2.75, 3.05) is 31.1 Å². The van der Waals surface area contributed by atoms with Crippen molar-refractivity contribution >= 4 is 11.7 Å². The number of aliphatic carboxylic acids is 1. The first-order chi connectivity index (χ1) is 11.1. The summed E-state index contributed by atoms with van der Waals surface area (Å²) in [5, 5.41) is 10.5. The van der Waals surface area contributed by atoms with E-state index in [4.69, 9.17) is 14.6 Å². The van der Waals surface area contributed by atoms with E-state index in [1.165, 1.54) is 31.9 Å². The predicted octanol–water partition coefficient (Wildman–Crippen LogP) is 2.52. The molecule has 2 N–H and O–H groups in total. The number of benzene rings is 1. The fourth-order valence-electron chi connectivity index (χ4n) is 2.66. The number of alkyl halides is 3. The molecule has 0 amide bonds. The minimum atomic E-state index is -5.08. The van der Waals surface area contributed by atoms with Gasteiger partial charge in [0.2, 0.25) is 0 Å². The first-order valence-corrected chi connectivity index (χ1v) is 7.64. The van der Waals surface area contributed by atoms with Gasteiger partial charge in [0.05, 0.1) is 6.10 Å². The molecule has 1 aromatic carbocycles. The van der Waals surface area contributed by atoms with Crippen LogP contribution < -0.4 is 15.0 Å². The molecule has 2 fully saturated rings. The number of nitrogens with zero attached hydrogens (tertiary/aromatic N) is 1. The van der Waals surface area contributed by atoms with Gasteiger partial charge in [0, 0.05) is 37.3 Å². The van der Waals surface area contributed by atoms with Crippen molar-refractivity contribution in [3.8, 4) is 5.75 Å². The van der Waals surface area contributed by atoms with E-state index in [9.17, 15) is 13.2 Å². The maximum Gasteiger partial charge on any atom is 0.490 e. The average Bonchev–Trinajstić information content (AvgIpc) is 2.36. The van der Waals surface area contributed by atoms with Crippen molar-refractivity contribution in [2.24, 2.45) is 5.41 Å². The van der Waals surface area contributed by atoms with Crippen molar-refractivity contribution in [1.29, 1.82) is 0 Å².